The summed E-state index contributed by atoms with van der Waals surface area (Å²) in [6.45, 7) is 16.6. The van der Waals surface area contributed by atoms with Gasteiger partial charge in [0, 0.05) is 45.4 Å². The van der Waals surface area contributed by atoms with Gasteiger partial charge in [-0.1, -0.05) is 108 Å². The van der Waals surface area contributed by atoms with Crippen molar-refractivity contribution in [2.75, 3.05) is 21.4 Å². The monoisotopic (exact) mass is 731 g/mol. The first-order valence-electron chi connectivity index (χ1n) is 19.7. The number of benzene rings is 6. The van der Waals surface area contributed by atoms with Gasteiger partial charge in [0.05, 0.1) is 22.4 Å². The molecule has 0 aliphatic carbocycles. The maximum absolute atomic E-state index is 4.95. The maximum atomic E-state index is 4.95. The van der Waals surface area contributed by atoms with Crippen LogP contribution in [0.3, 0.4) is 0 Å². The summed E-state index contributed by atoms with van der Waals surface area (Å²) in [5, 5.41) is 2.42. The second kappa shape index (κ2) is 13.5. The van der Waals surface area contributed by atoms with Crippen molar-refractivity contribution in [3.63, 3.8) is 0 Å². The van der Waals surface area contributed by atoms with E-state index in [1.807, 2.05) is 6.20 Å². The van der Waals surface area contributed by atoms with Gasteiger partial charge in [-0.05, 0) is 119 Å². The fraction of sp³-hybridized carbons (Fsp3) is 0.196. The van der Waals surface area contributed by atoms with Gasteiger partial charge in [-0.3, -0.25) is 4.57 Å². The van der Waals surface area contributed by atoms with Crippen LogP contribution in [0.5, 0.6) is 0 Å². The van der Waals surface area contributed by atoms with E-state index in [0.29, 0.717) is 6.67 Å². The van der Waals surface area contributed by atoms with Gasteiger partial charge in [0.15, 0.2) is 0 Å². The Morgan fingerprint density at radius 3 is 1.89 bits per heavy atom. The third-order valence-electron chi connectivity index (χ3n) is 11.2. The summed E-state index contributed by atoms with van der Waals surface area (Å²) in [5.74, 6) is 0.925. The Kier molecular flexibility index (Phi) is 8.50. The minimum atomic E-state index is -0.000965. The summed E-state index contributed by atoms with van der Waals surface area (Å²) < 4.78 is 2.33. The molecule has 0 atom stereocenters. The standard InChI is InChI=1S/C51H49N5/c1-35-28-37(51(5,6)7)30-42(29-35)54-34-53(46-22-13-14-23-47(46)54)39-18-15-19-40(32-39)55(38-16-9-8-10-17-38)41-24-25-44-43-20-11-12-21-45(43)56(48(44)33-41)49-31-36(26-27-52-49)50(2,3)4/h8-33H,34H2,1-7H3. The van der Waals surface area contributed by atoms with Crippen LogP contribution in [0, 0.1) is 6.92 Å². The topological polar surface area (TPSA) is 27.5 Å². The van der Waals surface area contributed by atoms with E-state index < -0.39 is 0 Å². The second-order valence-corrected chi connectivity index (χ2v) is 17.2. The Morgan fingerprint density at radius 2 is 1.14 bits per heavy atom. The van der Waals surface area contributed by atoms with E-state index in [0.717, 1.165) is 39.6 Å². The molecular formula is C51H49N5. The molecule has 9 rings (SSSR count). The zero-order chi connectivity index (χ0) is 38.8. The Morgan fingerprint density at radius 1 is 0.500 bits per heavy atom. The number of nitrogens with zero attached hydrogens (tertiary/aromatic N) is 5. The van der Waals surface area contributed by atoms with Gasteiger partial charge in [-0.2, -0.15) is 0 Å². The van der Waals surface area contributed by atoms with Crippen LogP contribution >= 0.6 is 0 Å². The van der Waals surface area contributed by atoms with E-state index in [1.165, 1.54) is 44.5 Å². The molecule has 0 fully saturated rings. The second-order valence-electron chi connectivity index (χ2n) is 17.2. The number of aromatic nitrogens is 2. The quantitative estimate of drug-likeness (QED) is 0.170. The maximum Gasteiger partial charge on any atom is 0.137 e. The molecule has 0 radical (unpaired) electrons. The average molecular weight is 732 g/mol. The first kappa shape index (κ1) is 35.4. The van der Waals surface area contributed by atoms with E-state index in [-0.39, 0.29) is 10.8 Å². The normalized spacial score (nSPS) is 13.1. The number of aryl methyl sites for hydroxylation is 1. The van der Waals surface area contributed by atoms with Crippen LogP contribution in [0.1, 0.15) is 58.2 Å². The molecule has 0 N–H and O–H groups in total. The Bertz CT molecular complexity index is 2730. The highest BCUT2D eigenvalue weighted by Gasteiger charge is 2.29. The fourth-order valence-corrected chi connectivity index (χ4v) is 8.18. The molecule has 5 nitrogen and oxygen atoms in total. The lowest BCUT2D eigenvalue weighted by Crippen LogP contribution is -2.24. The van der Waals surface area contributed by atoms with Crippen molar-refractivity contribution in [2.45, 2.75) is 59.3 Å². The molecule has 6 aromatic carbocycles. The van der Waals surface area contributed by atoms with Crippen molar-refractivity contribution >= 4 is 61.6 Å². The summed E-state index contributed by atoms with van der Waals surface area (Å²) in [6, 6.07) is 55.4. The molecule has 0 spiro atoms. The van der Waals surface area contributed by atoms with Crippen molar-refractivity contribution < 1.29 is 0 Å². The van der Waals surface area contributed by atoms with Crippen molar-refractivity contribution in [2.24, 2.45) is 0 Å². The largest absolute Gasteiger partial charge is 0.321 e. The number of anilines is 7. The molecule has 5 heteroatoms. The van der Waals surface area contributed by atoms with E-state index >= 15 is 0 Å². The SMILES string of the molecule is Cc1cc(N2CN(c3cccc(N(c4ccccc4)c4ccc5c6ccccc6n(-c6cc(C(C)(C)C)ccn6)c5c4)c3)c3ccccc32)cc(C(C)(C)C)c1. The molecule has 0 saturated carbocycles. The lowest BCUT2D eigenvalue weighted by atomic mass is 9.86. The summed E-state index contributed by atoms with van der Waals surface area (Å²) in [4.78, 5) is 12.2. The lowest BCUT2D eigenvalue weighted by molar-refractivity contribution is 0.588. The molecule has 0 saturated heterocycles. The van der Waals surface area contributed by atoms with Crippen LogP contribution in [0.2, 0.25) is 0 Å². The number of hydrogen-bond acceptors (Lipinski definition) is 4. The van der Waals surface area contributed by atoms with Gasteiger partial charge in [0.2, 0.25) is 0 Å². The summed E-state index contributed by atoms with van der Waals surface area (Å²) in [7, 11) is 0. The molecule has 3 heterocycles. The third kappa shape index (κ3) is 6.27. The predicted octanol–water partition coefficient (Wildman–Crippen LogP) is 13.8. The van der Waals surface area contributed by atoms with Crippen LogP contribution in [0.25, 0.3) is 27.6 Å². The van der Waals surface area contributed by atoms with E-state index in [1.54, 1.807) is 0 Å². The molecule has 0 bridgehead atoms. The van der Waals surface area contributed by atoms with Gasteiger partial charge < -0.3 is 14.7 Å². The van der Waals surface area contributed by atoms with E-state index in [2.05, 4.69) is 219 Å². The van der Waals surface area contributed by atoms with Crippen molar-refractivity contribution in [1.29, 1.82) is 0 Å². The summed E-state index contributed by atoms with van der Waals surface area (Å²) >= 11 is 0. The third-order valence-corrected chi connectivity index (χ3v) is 11.2. The number of para-hydroxylation sites is 4. The number of hydrogen-bond donors (Lipinski definition) is 0. The number of pyridine rings is 1. The lowest BCUT2D eigenvalue weighted by Gasteiger charge is -2.28. The highest BCUT2D eigenvalue weighted by Crippen LogP contribution is 2.47. The van der Waals surface area contributed by atoms with Crippen LogP contribution < -0.4 is 14.7 Å². The first-order valence-corrected chi connectivity index (χ1v) is 19.7. The molecule has 56 heavy (non-hydrogen) atoms. The molecule has 1 aliphatic rings. The van der Waals surface area contributed by atoms with Gasteiger partial charge >= 0.3 is 0 Å². The van der Waals surface area contributed by atoms with Crippen LogP contribution in [-0.2, 0) is 10.8 Å². The van der Waals surface area contributed by atoms with E-state index in [4.69, 9.17) is 4.98 Å². The Hall–Kier alpha value is -6.33. The highest BCUT2D eigenvalue weighted by atomic mass is 15.4. The van der Waals surface area contributed by atoms with Crippen molar-refractivity contribution in [3.05, 3.63) is 175 Å². The first-order chi connectivity index (χ1) is 26.9. The molecule has 8 aromatic rings. The fourth-order valence-electron chi connectivity index (χ4n) is 8.18. The molecule has 0 amide bonds. The summed E-state index contributed by atoms with van der Waals surface area (Å²) in [6.07, 6.45) is 1.95. The Balaban J connectivity index is 1.17. The predicted molar refractivity (Wildman–Crippen MR) is 237 cm³/mol. The van der Waals surface area contributed by atoms with Crippen LogP contribution in [0.4, 0.5) is 39.8 Å². The minimum Gasteiger partial charge on any atom is -0.321 e. The molecule has 1 aliphatic heterocycles. The molecule has 0 unspecified atom stereocenters. The van der Waals surface area contributed by atoms with Crippen molar-refractivity contribution in [3.8, 4) is 5.82 Å². The van der Waals surface area contributed by atoms with E-state index in [9.17, 15) is 0 Å². The average Bonchev–Trinajstić information content (AvgIpc) is 3.74. The van der Waals surface area contributed by atoms with Crippen molar-refractivity contribution in [1.82, 2.24) is 9.55 Å². The summed E-state index contributed by atoms with van der Waals surface area (Å²) in [5.41, 5.74) is 14.2. The minimum absolute atomic E-state index is 0.000965. The van der Waals surface area contributed by atoms with Crippen LogP contribution in [0.15, 0.2) is 158 Å². The van der Waals surface area contributed by atoms with Gasteiger partial charge in [0.1, 0.15) is 12.5 Å². The van der Waals surface area contributed by atoms with Gasteiger partial charge in [0.25, 0.3) is 0 Å². The number of fused-ring (bicyclic) bond motifs is 4. The highest BCUT2D eigenvalue weighted by molar-refractivity contribution is 6.10. The molecule has 278 valence electrons. The number of rotatable bonds is 6. The van der Waals surface area contributed by atoms with Gasteiger partial charge in [-0.25, -0.2) is 4.98 Å². The smallest absolute Gasteiger partial charge is 0.137 e. The van der Waals surface area contributed by atoms with Crippen LogP contribution in [-0.4, -0.2) is 16.2 Å². The molecule has 2 aromatic heterocycles. The molecular weight excluding hydrogens is 683 g/mol. The zero-order valence-corrected chi connectivity index (χ0v) is 33.5. The van der Waals surface area contributed by atoms with Gasteiger partial charge in [-0.15, -0.1) is 0 Å². The zero-order valence-electron chi connectivity index (χ0n) is 33.5. The Labute approximate surface area is 331 Å².